The number of carbonyl (C=O) groups is 1. The van der Waals surface area contributed by atoms with Crippen LogP contribution in [-0.2, 0) is 17.8 Å². The van der Waals surface area contributed by atoms with Gasteiger partial charge < -0.3 is 21.3 Å². The molecule has 36 heavy (non-hydrogen) atoms. The fourth-order valence-electron chi connectivity index (χ4n) is 4.36. The van der Waals surface area contributed by atoms with Crippen LogP contribution in [0.1, 0.15) is 30.0 Å². The molecule has 2 fully saturated rings. The minimum Gasteiger partial charge on any atom is -0.399 e. The van der Waals surface area contributed by atoms with Crippen LogP contribution in [0.4, 0.5) is 28.9 Å². The maximum Gasteiger partial charge on any atom is 0.394 e. The number of piperidine rings is 1. The van der Waals surface area contributed by atoms with Crippen molar-refractivity contribution in [2.75, 3.05) is 31.2 Å². The number of rotatable bonds is 7. The normalized spacial score (nSPS) is 21.1. The predicted octanol–water partition coefficient (Wildman–Crippen LogP) is 3.04. The smallest absolute Gasteiger partial charge is 0.394 e. The first kappa shape index (κ1) is 24.7. The molecule has 2 aromatic heterocycles. The van der Waals surface area contributed by atoms with E-state index < -0.39 is 24.8 Å². The number of nitrogens with two attached hydrogens (primary N) is 1. The number of hydrogen-bond donors (Lipinski definition) is 3. The van der Waals surface area contributed by atoms with E-state index in [2.05, 4.69) is 25.9 Å². The molecule has 2 aliphatic rings. The van der Waals surface area contributed by atoms with E-state index in [9.17, 15) is 22.4 Å². The quantitative estimate of drug-likeness (QED) is 0.320. The van der Waals surface area contributed by atoms with Gasteiger partial charge in [0.15, 0.2) is 0 Å². The monoisotopic (exact) mass is 526 g/mol. The van der Waals surface area contributed by atoms with Crippen molar-refractivity contribution in [3.63, 3.8) is 0 Å². The second-order valence-corrected chi connectivity index (χ2v) is 10.4. The average Bonchev–Trinajstić information content (AvgIpc) is 3.45. The van der Waals surface area contributed by atoms with E-state index >= 15 is 0 Å². The van der Waals surface area contributed by atoms with Crippen molar-refractivity contribution in [1.29, 1.82) is 0 Å². The van der Waals surface area contributed by atoms with Crippen LogP contribution in [0.15, 0.2) is 12.1 Å². The van der Waals surface area contributed by atoms with Gasteiger partial charge in [-0.2, -0.15) is 18.3 Å². The SMILES string of the molecule is CN1CC[C@@H](Nc2cc(N)cc3c(CC(F)(F)F)n(-c4nnc(CNC(=O)C5CC5)s4)nc23)[C@@H](F)C1. The highest BCUT2D eigenvalue weighted by Gasteiger charge is 2.34. The highest BCUT2D eigenvalue weighted by Crippen LogP contribution is 2.35. The molecule has 1 saturated carbocycles. The first-order chi connectivity index (χ1) is 17.1. The summed E-state index contributed by atoms with van der Waals surface area (Å²) in [5.74, 6) is -0.0438. The minimum absolute atomic E-state index is 0.0251. The lowest BCUT2D eigenvalue weighted by molar-refractivity contribution is -0.128. The highest BCUT2D eigenvalue weighted by atomic mass is 32.1. The van der Waals surface area contributed by atoms with Crippen LogP contribution in [0.5, 0.6) is 0 Å². The third kappa shape index (κ3) is 5.38. The standard InChI is InChI=1S/C22H26F4N8OS/c1-33-5-4-15(14(23)10-33)29-16-7-12(27)6-13-17(8-22(24,25)26)34(32-19(13)16)21-31-30-18(36-21)9-28-20(35)11-2-3-11/h6-7,11,14-15,29H,2-5,8-10,27H2,1H3,(H,28,35)/t14-,15+/m0/s1. The topological polar surface area (TPSA) is 114 Å². The molecule has 14 heteroatoms. The number of likely N-dealkylation sites (tertiary alicyclic amines) is 1. The van der Waals surface area contributed by atoms with Gasteiger partial charge in [0.1, 0.15) is 16.7 Å². The summed E-state index contributed by atoms with van der Waals surface area (Å²) in [5.41, 5.74) is 6.75. The molecule has 3 heterocycles. The molecule has 9 nitrogen and oxygen atoms in total. The number of carbonyl (C=O) groups excluding carboxylic acids is 1. The van der Waals surface area contributed by atoms with Gasteiger partial charge in [-0.25, -0.2) is 9.07 Å². The maximum absolute atomic E-state index is 14.7. The Balaban J connectivity index is 1.50. The van der Waals surface area contributed by atoms with Crippen LogP contribution >= 0.6 is 11.3 Å². The zero-order valence-corrected chi connectivity index (χ0v) is 20.3. The van der Waals surface area contributed by atoms with Gasteiger partial charge in [-0.05, 0) is 38.4 Å². The Labute approximate surface area is 208 Å². The van der Waals surface area contributed by atoms with Crippen LogP contribution in [0.3, 0.4) is 0 Å². The average molecular weight is 527 g/mol. The van der Waals surface area contributed by atoms with Crippen LogP contribution in [0, 0.1) is 5.92 Å². The van der Waals surface area contributed by atoms with Crippen LogP contribution in [-0.4, -0.2) is 69.3 Å². The summed E-state index contributed by atoms with van der Waals surface area (Å²) in [5, 5.41) is 19.2. The summed E-state index contributed by atoms with van der Waals surface area (Å²) < 4.78 is 56.5. The molecule has 0 bridgehead atoms. The minimum atomic E-state index is -4.52. The van der Waals surface area contributed by atoms with Gasteiger partial charge in [-0.15, -0.1) is 10.2 Å². The number of nitrogens with zero attached hydrogens (tertiary/aromatic N) is 5. The molecule has 194 valence electrons. The number of aromatic nitrogens is 4. The summed E-state index contributed by atoms with van der Waals surface area (Å²) in [7, 11) is 1.83. The number of hydrogen-bond acceptors (Lipinski definition) is 8. The van der Waals surface area contributed by atoms with E-state index in [4.69, 9.17) is 5.73 Å². The molecule has 4 N–H and O–H groups in total. The van der Waals surface area contributed by atoms with Gasteiger partial charge in [0.05, 0.1) is 30.4 Å². The van der Waals surface area contributed by atoms with Gasteiger partial charge >= 0.3 is 6.18 Å². The summed E-state index contributed by atoms with van der Waals surface area (Å²) in [4.78, 5) is 13.8. The van der Waals surface area contributed by atoms with E-state index in [0.717, 1.165) is 28.9 Å². The molecule has 1 saturated heterocycles. The first-order valence-electron chi connectivity index (χ1n) is 11.6. The molecule has 1 aliphatic heterocycles. The molecule has 0 spiro atoms. The number of anilines is 2. The summed E-state index contributed by atoms with van der Waals surface area (Å²) in [6, 6.07) is 2.47. The van der Waals surface area contributed by atoms with E-state index in [0.29, 0.717) is 23.7 Å². The fraction of sp³-hybridized carbons (Fsp3) is 0.545. The van der Waals surface area contributed by atoms with Crippen LogP contribution in [0.25, 0.3) is 16.0 Å². The second-order valence-electron chi connectivity index (χ2n) is 9.40. The molecule has 0 radical (unpaired) electrons. The number of amides is 1. The van der Waals surface area contributed by atoms with Gasteiger partial charge in [-0.1, -0.05) is 11.3 Å². The molecule has 1 aliphatic carbocycles. The molecular weight excluding hydrogens is 500 g/mol. The number of halogens is 4. The van der Waals surface area contributed by atoms with Gasteiger partial charge in [0, 0.05) is 30.1 Å². The van der Waals surface area contributed by atoms with E-state index in [-0.39, 0.29) is 52.3 Å². The Morgan fingerprint density at radius 1 is 1.25 bits per heavy atom. The molecule has 1 aromatic carbocycles. The fourth-order valence-corrected chi connectivity index (χ4v) is 5.12. The summed E-state index contributed by atoms with van der Waals surface area (Å²) >= 11 is 1.04. The Morgan fingerprint density at radius 3 is 2.72 bits per heavy atom. The lowest BCUT2D eigenvalue weighted by atomic mass is 10.0. The van der Waals surface area contributed by atoms with Gasteiger partial charge in [0.2, 0.25) is 11.0 Å². The van der Waals surface area contributed by atoms with Crippen molar-refractivity contribution in [3.05, 3.63) is 22.8 Å². The lowest BCUT2D eigenvalue weighted by Crippen LogP contribution is -2.46. The van der Waals surface area contributed by atoms with Crippen molar-refractivity contribution >= 4 is 39.5 Å². The first-order valence-corrected chi connectivity index (χ1v) is 12.5. The van der Waals surface area contributed by atoms with Gasteiger partial charge in [-0.3, -0.25) is 4.79 Å². The number of fused-ring (bicyclic) bond motifs is 1. The molecule has 5 rings (SSSR count). The Bertz CT molecular complexity index is 1270. The molecule has 0 unspecified atom stereocenters. The maximum atomic E-state index is 14.7. The number of nitrogen functional groups attached to an aromatic ring is 1. The Hall–Kier alpha value is -3.00. The van der Waals surface area contributed by atoms with Crippen LogP contribution in [0.2, 0.25) is 0 Å². The van der Waals surface area contributed by atoms with E-state index in [1.807, 2.05) is 11.9 Å². The van der Waals surface area contributed by atoms with Crippen molar-refractivity contribution in [2.45, 2.75) is 50.6 Å². The number of nitrogens with one attached hydrogen (secondary N) is 2. The summed E-state index contributed by atoms with van der Waals surface area (Å²) in [6.07, 6.45) is -4.71. The largest absolute Gasteiger partial charge is 0.399 e. The third-order valence-electron chi connectivity index (χ3n) is 6.35. The number of benzene rings is 1. The molecule has 3 aromatic rings. The Morgan fingerprint density at radius 2 is 2.03 bits per heavy atom. The van der Waals surface area contributed by atoms with E-state index in [1.165, 1.54) is 6.07 Å². The highest BCUT2D eigenvalue weighted by molar-refractivity contribution is 7.13. The molecule has 2 atom stereocenters. The number of alkyl halides is 4. The predicted molar refractivity (Wildman–Crippen MR) is 128 cm³/mol. The zero-order valence-electron chi connectivity index (χ0n) is 19.5. The molecule has 1 amide bonds. The van der Waals surface area contributed by atoms with Gasteiger partial charge in [0.25, 0.3) is 0 Å². The van der Waals surface area contributed by atoms with Crippen molar-refractivity contribution in [3.8, 4) is 5.13 Å². The zero-order chi connectivity index (χ0) is 25.6. The summed E-state index contributed by atoms with van der Waals surface area (Å²) in [6.45, 7) is 1.07. The van der Waals surface area contributed by atoms with Crippen molar-refractivity contribution in [1.82, 2.24) is 30.2 Å². The Kier molecular flexibility index (Phi) is 6.49. The van der Waals surface area contributed by atoms with E-state index in [1.54, 1.807) is 6.07 Å². The van der Waals surface area contributed by atoms with Crippen LogP contribution < -0.4 is 16.4 Å². The molecular formula is C22H26F4N8OS. The van der Waals surface area contributed by atoms with Crippen molar-refractivity contribution in [2.24, 2.45) is 5.92 Å². The second kappa shape index (κ2) is 9.47. The van der Waals surface area contributed by atoms with Crippen molar-refractivity contribution < 1.29 is 22.4 Å². The third-order valence-corrected chi connectivity index (χ3v) is 7.25. The lowest BCUT2D eigenvalue weighted by Gasteiger charge is -2.33.